The number of halogens is 2. The maximum Gasteiger partial charge on any atom is 0.243 e. The van der Waals surface area contributed by atoms with Gasteiger partial charge in [-0.15, -0.1) is 0 Å². The molecule has 1 aromatic carbocycles. The van der Waals surface area contributed by atoms with Gasteiger partial charge in [0.25, 0.3) is 0 Å². The van der Waals surface area contributed by atoms with Crippen LogP contribution in [-0.2, 0) is 14.8 Å². The maximum atomic E-state index is 12.5. The zero-order valence-corrected chi connectivity index (χ0v) is 13.4. The Balaban J connectivity index is 2.32. The Labute approximate surface area is 132 Å². The SMILES string of the molecule is NC(=S)C1CN(S(=O)(=O)c2cc(Cl)cc(Cl)c2)CCO1. The van der Waals surface area contributed by atoms with Gasteiger partial charge in [0, 0.05) is 23.1 Å². The number of ether oxygens (including phenoxy) is 1. The van der Waals surface area contributed by atoms with E-state index < -0.39 is 16.1 Å². The highest BCUT2D eigenvalue weighted by atomic mass is 35.5. The molecule has 0 aromatic heterocycles. The molecule has 1 saturated heterocycles. The lowest BCUT2D eigenvalue weighted by molar-refractivity contribution is 0.0386. The summed E-state index contributed by atoms with van der Waals surface area (Å²) >= 11 is 16.5. The average Bonchev–Trinajstić information content (AvgIpc) is 2.37. The Morgan fingerprint density at radius 1 is 1.35 bits per heavy atom. The van der Waals surface area contributed by atoms with Crippen molar-refractivity contribution >= 4 is 50.4 Å². The minimum Gasteiger partial charge on any atom is -0.391 e. The monoisotopic (exact) mass is 354 g/mol. The number of rotatable bonds is 3. The molecule has 1 fully saturated rings. The van der Waals surface area contributed by atoms with Crippen LogP contribution in [0.4, 0.5) is 0 Å². The van der Waals surface area contributed by atoms with Crippen molar-refractivity contribution in [2.24, 2.45) is 5.73 Å². The molecule has 1 atom stereocenters. The first kappa shape index (κ1) is 15.9. The number of thiocarbonyl (C=S) groups is 1. The zero-order chi connectivity index (χ0) is 14.9. The van der Waals surface area contributed by atoms with Crippen LogP contribution in [0.1, 0.15) is 0 Å². The van der Waals surface area contributed by atoms with Gasteiger partial charge in [0.2, 0.25) is 10.0 Å². The molecular formula is C11H12Cl2N2O3S2. The number of hydrogen-bond acceptors (Lipinski definition) is 4. The van der Waals surface area contributed by atoms with E-state index in [1.54, 1.807) is 0 Å². The van der Waals surface area contributed by atoms with Gasteiger partial charge in [0.1, 0.15) is 11.1 Å². The summed E-state index contributed by atoms with van der Waals surface area (Å²) in [6, 6.07) is 4.18. The van der Waals surface area contributed by atoms with Gasteiger partial charge in [0.15, 0.2) is 0 Å². The quantitative estimate of drug-likeness (QED) is 0.835. The van der Waals surface area contributed by atoms with Gasteiger partial charge < -0.3 is 10.5 Å². The first-order valence-electron chi connectivity index (χ1n) is 5.68. The molecule has 5 nitrogen and oxygen atoms in total. The molecule has 110 valence electrons. The molecule has 0 spiro atoms. The van der Waals surface area contributed by atoms with Gasteiger partial charge in [-0.1, -0.05) is 35.4 Å². The van der Waals surface area contributed by atoms with E-state index in [1.165, 1.54) is 22.5 Å². The molecule has 0 radical (unpaired) electrons. The second-order valence-electron chi connectivity index (χ2n) is 4.23. The van der Waals surface area contributed by atoms with Crippen molar-refractivity contribution in [2.75, 3.05) is 19.7 Å². The van der Waals surface area contributed by atoms with Crippen LogP contribution in [0, 0.1) is 0 Å². The number of hydrogen-bond donors (Lipinski definition) is 1. The van der Waals surface area contributed by atoms with Crippen molar-refractivity contribution < 1.29 is 13.2 Å². The van der Waals surface area contributed by atoms with Crippen molar-refractivity contribution in [3.05, 3.63) is 28.2 Å². The average molecular weight is 355 g/mol. The third-order valence-corrected chi connectivity index (χ3v) is 5.36. The number of nitrogens with zero attached hydrogens (tertiary/aromatic N) is 1. The summed E-state index contributed by atoms with van der Waals surface area (Å²) in [5.74, 6) is 0. The lowest BCUT2D eigenvalue weighted by atomic mass is 10.3. The van der Waals surface area contributed by atoms with E-state index in [2.05, 4.69) is 0 Å². The summed E-state index contributed by atoms with van der Waals surface area (Å²) in [6.07, 6.45) is -0.580. The number of nitrogens with two attached hydrogens (primary N) is 1. The van der Waals surface area contributed by atoms with Gasteiger partial charge in [-0.3, -0.25) is 0 Å². The van der Waals surface area contributed by atoms with Crippen molar-refractivity contribution in [1.82, 2.24) is 4.31 Å². The molecule has 1 aliphatic rings. The molecular weight excluding hydrogens is 343 g/mol. The highest BCUT2D eigenvalue weighted by Crippen LogP contribution is 2.25. The first-order valence-corrected chi connectivity index (χ1v) is 8.28. The molecule has 0 aliphatic carbocycles. The van der Waals surface area contributed by atoms with Gasteiger partial charge in [0.05, 0.1) is 11.5 Å². The summed E-state index contributed by atoms with van der Waals surface area (Å²) in [4.78, 5) is 0.174. The predicted octanol–water partition coefficient (Wildman–Crippen LogP) is 1.67. The van der Waals surface area contributed by atoms with Crippen LogP contribution in [0.2, 0.25) is 10.0 Å². The summed E-state index contributed by atoms with van der Waals surface area (Å²) in [5, 5.41) is 0.519. The Morgan fingerprint density at radius 2 is 1.95 bits per heavy atom. The minimum absolute atomic E-state index is 0.0404. The highest BCUT2D eigenvalue weighted by molar-refractivity contribution is 7.89. The summed E-state index contributed by atoms with van der Waals surface area (Å²) in [7, 11) is -3.70. The van der Waals surface area contributed by atoms with Crippen LogP contribution in [0.25, 0.3) is 0 Å². The number of morpholine rings is 1. The fourth-order valence-corrected chi connectivity index (χ4v) is 4.14. The summed E-state index contributed by atoms with van der Waals surface area (Å²) in [6.45, 7) is 0.545. The molecule has 1 aromatic rings. The Kier molecular flexibility index (Phi) is 4.88. The van der Waals surface area contributed by atoms with E-state index in [0.29, 0.717) is 0 Å². The van der Waals surface area contributed by atoms with Crippen molar-refractivity contribution in [2.45, 2.75) is 11.0 Å². The van der Waals surface area contributed by atoms with Gasteiger partial charge in [-0.2, -0.15) is 4.31 Å². The van der Waals surface area contributed by atoms with Crippen LogP contribution >= 0.6 is 35.4 Å². The van der Waals surface area contributed by atoms with Crippen LogP contribution in [0.3, 0.4) is 0 Å². The van der Waals surface area contributed by atoms with Gasteiger partial charge >= 0.3 is 0 Å². The maximum absolute atomic E-state index is 12.5. The molecule has 2 rings (SSSR count). The van der Waals surface area contributed by atoms with Gasteiger partial charge in [-0.25, -0.2) is 8.42 Å². The third-order valence-electron chi connectivity index (χ3n) is 2.82. The van der Waals surface area contributed by atoms with Crippen molar-refractivity contribution in [1.29, 1.82) is 0 Å². The second kappa shape index (κ2) is 6.13. The Bertz CT molecular complexity index is 616. The zero-order valence-electron chi connectivity index (χ0n) is 10.3. The molecule has 9 heteroatoms. The largest absolute Gasteiger partial charge is 0.391 e. The number of sulfonamides is 1. The van der Waals surface area contributed by atoms with Crippen LogP contribution < -0.4 is 5.73 Å². The minimum atomic E-state index is -3.70. The molecule has 20 heavy (non-hydrogen) atoms. The molecule has 1 aliphatic heterocycles. The van der Waals surface area contributed by atoms with Crippen molar-refractivity contribution in [3.8, 4) is 0 Å². The Morgan fingerprint density at radius 3 is 2.50 bits per heavy atom. The lowest BCUT2D eigenvalue weighted by Crippen LogP contribution is -2.49. The number of benzene rings is 1. The van der Waals surface area contributed by atoms with E-state index in [4.69, 9.17) is 45.9 Å². The summed E-state index contributed by atoms with van der Waals surface area (Å²) < 4.78 is 31.6. The first-order chi connectivity index (χ1) is 9.30. The predicted molar refractivity (Wildman–Crippen MR) is 81.7 cm³/mol. The molecule has 2 N–H and O–H groups in total. The van der Waals surface area contributed by atoms with E-state index in [0.717, 1.165) is 0 Å². The van der Waals surface area contributed by atoms with Crippen molar-refractivity contribution in [3.63, 3.8) is 0 Å². The van der Waals surface area contributed by atoms with E-state index >= 15 is 0 Å². The van der Waals surface area contributed by atoms with Gasteiger partial charge in [-0.05, 0) is 18.2 Å². The van der Waals surface area contributed by atoms with E-state index in [-0.39, 0.29) is 39.6 Å². The molecule has 1 unspecified atom stereocenters. The van der Waals surface area contributed by atoms with Crippen LogP contribution in [0.15, 0.2) is 23.1 Å². The fraction of sp³-hybridized carbons (Fsp3) is 0.364. The molecule has 1 heterocycles. The second-order valence-corrected chi connectivity index (χ2v) is 7.51. The highest BCUT2D eigenvalue weighted by Gasteiger charge is 2.32. The third kappa shape index (κ3) is 3.41. The Hall–Kier alpha value is -0.440. The molecule has 0 saturated carbocycles. The lowest BCUT2D eigenvalue weighted by Gasteiger charge is -2.31. The molecule has 0 bridgehead atoms. The van der Waals surface area contributed by atoms with E-state index in [1.807, 2.05) is 0 Å². The topological polar surface area (TPSA) is 72.6 Å². The summed E-state index contributed by atoms with van der Waals surface area (Å²) in [5.41, 5.74) is 5.50. The standard InChI is InChI=1S/C11H12Cl2N2O3S2/c12-7-3-8(13)5-9(4-7)20(16,17)15-1-2-18-10(6-15)11(14)19/h3-5,10H,1-2,6H2,(H2,14,19). The molecule has 0 amide bonds. The smallest absolute Gasteiger partial charge is 0.243 e. The fourth-order valence-electron chi connectivity index (χ4n) is 1.84. The van der Waals surface area contributed by atoms with E-state index in [9.17, 15) is 8.42 Å². The van der Waals surface area contributed by atoms with Crippen LogP contribution in [-0.4, -0.2) is 43.5 Å². The van der Waals surface area contributed by atoms with Crippen LogP contribution in [0.5, 0.6) is 0 Å². The normalized spacial score (nSPS) is 20.8.